The summed E-state index contributed by atoms with van der Waals surface area (Å²) in [6.07, 6.45) is 6.87. The molecule has 0 radical (unpaired) electrons. The van der Waals surface area contributed by atoms with Crippen molar-refractivity contribution in [1.29, 1.82) is 0 Å². The van der Waals surface area contributed by atoms with Gasteiger partial charge in [-0.3, -0.25) is 9.52 Å². The largest absolute Gasteiger partial charge is 0.495 e. The lowest BCUT2D eigenvalue weighted by atomic mass is 9.94. The molecule has 0 bridgehead atoms. The van der Waals surface area contributed by atoms with E-state index in [4.69, 9.17) is 16.3 Å². The number of nitrogens with one attached hydrogen (secondary N) is 2. The normalized spacial score (nSPS) is 14.2. The van der Waals surface area contributed by atoms with Gasteiger partial charge >= 0.3 is 0 Å². The molecule has 1 amide bonds. The minimum atomic E-state index is -3.94. The van der Waals surface area contributed by atoms with Crippen molar-refractivity contribution in [2.45, 2.75) is 37.0 Å². The molecular formula is C21H23ClN2O4S. The second-order valence-corrected chi connectivity index (χ2v) is 8.92. The Morgan fingerprint density at radius 3 is 2.34 bits per heavy atom. The van der Waals surface area contributed by atoms with Crippen LogP contribution in [0.15, 0.2) is 59.0 Å². The van der Waals surface area contributed by atoms with Gasteiger partial charge in [-0.1, -0.05) is 23.6 Å². The summed E-state index contributed by atoms with van der Waals surface area (Å²) in [5, 5.41) is 3.25. The molecule has 8 heteroatoms. The van der Waals surface area contributed by atoms with Gasteiger partial charge in [0, 0.05) is 22.5 Å². The van der Waals surface area contributed by atoms with Gasteiger partial charge in [0.2, 0.25) is 5.91 Å². The third-order valence-electron chi connectivity index (χ3n) is 4.65. The minimum Gasteiger partial charge on any atom is -0.495 e. The number of hydrogen-bond acceptors (Lipinski definition) is 4. The fraction of sp³-hybridized carbons (Fsp3) is 0.286. The topological polar surface area (TPSA) is 84.5 Å². The van der Waals surface area contributed by atoms with Crippen molar-refractivity contribution in [2.24, 2.45) is 0 Å². The van der Waals surface area contributed by atoms with Gasteiger partial charge in [-0.15, -0.1) is 0 Å². The summed E-state index contributed by atoms with van der Waals surface area (Å²) in [6.45, 7) is 0. The van der Waals surface area contributed by atoms with E-state index in [1.54, 1.807) is 36.4 Å². The Balaban J connectivity index is 1.82. The molecular weight excluding hydrogens is 412 g/mol. The maximum absolute atomic E-state index is 12.9. The van der Waals surface area contributed by atoms with E-state index >= 15 is 0 Å². The fourth-order valence-electron chi connectivity index (χ4n) is 3.21. The third kappa shape index (κ3) is 5.74. The summed E-state index contributed by atoms with van der Waals surface area (Å²) in [7, 11) is -2.55. The number of sulfonamides is 1. The molecule has 0 atom stereocenters. The maximum Gasteiger partial charge on any atom is 0.265 e. The summed E-state index contributed by atoms with van der Waals surface area (Å²) in [5.74, 6) is -0.0869. The zero-order valence-electron chi connectivity index (χ0n) is 16.1. The molecule has 0 saturated heterocycles. The van der Waals surface area contributed by atoms with Gasteiger partial charge in [0.15, 0.2) is 0 Å². The van der Waals surface area contributed by atoms with Crippen LogP contribution < -0.4 is 14.8 Å². The smallest absolute Gasteiger partial charge is 0.265 e. The number of carbonyl (C=O) groups is 1. The Hall–Kier alpha value is -2.51. The maximum atomic E-state index is 12.9. The summed E-state index contributed by atoms with van der Waals surface area (Å²) < 4.78 is 33.4. The second-order valence-electron chi connectivity index (χ2n) is 6.83. The van der Waals surface area contributed by atoms with Crippen LogP contribution in [0, 0.1) is 0 Å². The Labute approximate surface area is 176 Å². The monoisotopic (exact) mass is 434 g/mol. The number of ether oxygens (including phenoxy) is 1. The van der Waals surface area contributed by atoms with Crippen LogP contribution in [0.3, 0.4) is 0 Å². The van der Waals surface area contributed by atoms with Crippen LogP contribution in [0.2, 0.25) is 5.02 Å². The van der Waals surface area contributed by atoms with Gasteiger partial charge in [0.1, 0.15) is 10.6 Å². The molecule has 1 fully saturated rings. The number of hydrogen-bond donors (Lipinski definition) is 2. The highest BCUT2D eigenvalue weighted by Crippen LogP contribution is 2.29. The molecule has 3 rings (SSSR count). The first-order chi connectivity index (χ1) is 13.9. The number of amides is 1. The Kier molecular flexibility index (Phi) is 6.82. The molecule has 2 aromatic carbocycles. The van der Waals surface area contributed by atoms with Crippen molar-refractivity contribution in [3.8, 4) is 5.75 Å². The Morgan fingerprint density at radius 2 is 1.69 bits per heavy atom. The van der Waals surface area contributed by atoms with Crippen molar-refractivity contribution in [2.75, 3.05) is 17.1 Å². The van der Waals surface area contributed by atoms with Crippen LogP contribution in [0.25, 0.3) is 0 Å². The van der Waals surface area contributed by atoms with E-state index in [-0.39, 0.29) is 16.6 Å². The molecule has 0 spiro atoms. The lowest BCUT2D eigenvalue weighted by Gasteiger charge is -2.15. The summed E-state index contributed by atoms with van der Waals surface area (Å²) in [6, 6.07) is 10.8. The number of allylic oxidation sites excluding steroid dienone is 1. The van der Waals surface area contributed by atoms with Gasteiger partial charge < -0.3 is 10.1 Å². The van der Waals surface area contributed by atoms with Crippen LogP contribution >= 0.6 is 11.6 Å². The average Bonchev–Trinajstić information content (AvgIpc) is 2.70. The molecule has 0 heterocycles. The minimum absolute atomic E-state index is 0.0712. The molecule has 0 unspecified atom stereocenters. The van der Waals surface area contributed by atoms with Crippen LogP contribution in [0.5, 0.6) is 5.75 Å². The highest BCUT2D eigenvalue weighted by atomic mass is 35.5. The highest BCUT2D eigenvalue weighted by molar-refractivity contribution is 7.92. The summed E-state index contributed by atoms with van der Waals surface area (Å²) >= 11 is 5.84. The van der Waals surface area contributed by atoms with Crippen molar-refractivity contribution in [3.05, 3.63) is 59.1 Å². The Morgan fingerprint density at radius 1 is 1.03 bits per heavy atom. The van der Waals surface area contributed by atoms with E-state index < -0.39 is 10.0 Å². The lowest BCUT2D eigenvalue weighted by Crippen LogP contribution is -2.15. The molecule has 0 aromatic heterocycles. The predicted molar refractivity (Wildman–Crippen MR) is 115 cm³/mol. The average molecular weight is 435 g/mol. The van der Waals surface area contributed by atoms with Crippen LogP contribution in [0.4, 0.5) is 11.4 Å². The molecule has 154 valence electrons. The standard InChI is InChI=1S/C21H23ClN2O4S/c1-28-19-12-11-18(23-21(25)13-15-5-3-2-4-6-15)14-20(19)29(26,27)24-17-9-7-16(22)8-10-17/h7-14,24H,2-6H2,1H3,(H,23,25). The molecule has 1 aliphatic rings. The number of rotatable bonds is 6. The summed E-state index contributed by atoms with van der Waals surface area (Å²) in [4.78, 5) is 12.3. The molecule has 6 nitrogen and oxygen atoms in total. The van der Waals surface area contributed by atoms with E-state index in [9.17, 15) is 13.2 Å². The van der Waals surface area contributed by atoms with Gasteiger partial charge in [-0.05, 0) is 68.1 Å². The first kappa shape index (κ1) is 21.2. The number of carbonyl (C=O) groups excluding carboxylic acids is 1. The SMILES string of the molecule is COc1ccc(NC(=O)C=C2CCCCC2)cc1S(=O)(=O)Nc1ccc(Cl)cc1. The molecule has 0 aliphatic heterocycles. The fourth-order valence-corrected chi connectivity index (χ4v) is 4.59. The van der Waals surface area contributed by atoms with E-state index in [2.05, 4.69) is 10.0 Å². The number of anilines is 2. The first-order valence-electron chi connectivity index (χ1n) is 9.34. The van der Waals surface area contributed by atoms with Crippen molar-refractivity contribution < 1.29 is 17.9 Å². The van der Waals surface area contributed by atoms with E-state index in [1.165, 1.54) is 25.7 Å². The van der Waals surface area contributed by atoms with Gasteiger partial charge in [-0.25, -0.2) is 8.42 Å². The van der Waals surface area contributed by atoms with Crippen molar-refractivity contribution in [3.63, 3.8) is 0 Å². The van der Waals surface area contributed by atoms with Crippen molar-refractivity contribution in [1.82, 2.24) is 0 Å². The Bertz CT molecular complexity index is 1010. The zero-order valence-corrected chi connectivity index (χ0v) is 17.6. The van der Waals surface area contributed by atoms with Crippen molar-refractivity contribution >= 4 is 38.9 Å². The van der Waals surface area contributed by atoms with Crippen LogP contribution in [-0.2, 0) is 14.8 Å². The molecule has 1 aliphatic carbocycles. The summed E-state index contributed by atoms with van der Waals surface area (Å²) in [5.41, 5.74) is 1.87. The van der Waals surface area contributed by atoms with Gasteiger partial charge in [0.25, 0.3) is 10.0 Å². The number of benzene rings is 2. The molecule has 1 saturated carbocycles. The number of methoxy groups -OCH3 is 1. The predicted octanol–water partition coefficient (Wildman–Crippen LogP) is 4.98. The quantitative estimate of drug-likeness (QED) is 0.628. The van der Waals surface area contributed by atoms with E-state index in [0.29, 0.717) is 16.4 Å². The number of halogens is 1. The highest BCUT2D eigenvalue weighted by Gasteiger charge is 2.21. The second kappa shape index (κ2) is 9.33. The third-order valence-corrected chi connectivity index (χ3v) is 6.30. The van der Waals surface area contributed by atoms with E-state index in [0.717, 1.165) is 31.3 Å². The van der Waals surface area contributed by atoms with Crippen LogP contribution in [0.1, 0.15) is 32.1 Å². The molecule has 2 aromatic rings. The molecule has 2 N–H and O–H groups in total. The lowest BCUT2D eigenvalue weighted by molar-refractivity contribution is -0.112. The molecule has 29 heavy (non-hydrogen) atoms. The first-order valence-corrected chi connectivity index (χ1v) is 11.2. The zero-order chi connectivity index (χ0) is 20.9. The van der Waals surface area contributed by atoms with Gasteiger partial charge in [0.05, 0.1) is 7.11 Å². The van der Waals surface area contributed by atoms with E-state index in [1.807, 2.05) is 0 Å². The van der Waals surface area contributed by atoms with Gasteiger partial charge in [-0.2, -0.15) is 0 Å². The van der Waals surface area contributed by atoms with Crippen LogP contribution in [-0.4, -0.2) is 21.4 Å².